The topological polar surface area (TPSA) is 75.9 Å². The molecule has 0 unspecified atom stereocenters. The van der Waals surface area contributed by atoms with Crippen LogP contribution in [-0.4, -0.2) is 16.5 Å². The number of nitrogen functional groups attached to an aromatic ring is 1. The number of hydrogen-bond donors (Lipinski definition) is 3. The van der Waals surface area contributed by atoms with Crippen LogP contribution in [0.1, 0.15) is 0 Å². The van der Waals surface area contributed by atoms with Crippen molar-refractivity contribution in [2.45, 2.75) is 0 Å². The zero-order chi connectivity index (χ0) is 14.5. The van der Waals surface area contributed by atoms with E-state index in [9.17, 15) is 8.78 Å². The largest absolute Gasteiger partial charge is 0.393 e. The van der Waals surface area contributed by atoms with Gasteiger partial charge in [0.15, 0.2) is 11.6 Å². The SMILES string of the molecule is C=CCNc1ncnc(Nc2ccc(F)cc2F)c1N. The lowest BCUT2D eigenvalue weighted by Gasteiger charge is -2.12. The highest BCUT2D eigenvalue weighted by Gasteiger charge is 2.10. The molecule has 0 saturated carbocycles. The van der Waals surface area contributed by atoms with E-state index >= 15 is 0 Å². The number of hydrogen-bond acceptors (Lipinski definition) is 5. The van der Waals surface area contributed by atoms with E-state index in [-0.39, 0.29) is 17.2 Å². The van der Waals surface area contributed by atoms with E-state index in [2.05, 4.69) is 27.2 Å². The Kier molecular flexibility index (Phi) is 4.09. The molecule has 0 bridgehead atoms. The molecule has 1 heterocycles. The van der Waals surface area contributed by atoms with E-state index in [1.165, 1.54) is 12.4 Å². The third kappa shape index (κ3) is 3.00. The van der Waals surface area contributed by atoms with Gasteiger partial charge in [0.1, 0.15) is 23.6 Å². The van der Waals surface area contributed by atoms with Gasteiger partial charge in [-0.2, -0.15) is 0 Å². The Morgan fingerprint density at radius 2 is 2.00 bits per heavy atom. The minimum absolute atomic E-state index is 0.0754. The van der Waals surface area contributed by atoms with E-state index < -0.39 is 11.6 Å². The molecule has 2 aromatic rings. The van der Waals surface area contributed by atoms with Crippen molar-refractivity contribution < 1.29 is 8.78 Å². The van der Waals surface area contributed by atoms with Gasteiger partial charge in [0, 0.05) is 12.6 Å². The van der Waals surface area contributed by atoms with Crippen molar-refractivity contribution in [3.8, 4) is 0 Å². The van der Waals surface area contributed by atoms with Crippen molar-refractivity contribution in [1.29, 1.82) is 0 Å². The predicted molar refractivity (Wildman–Crippen MR) is 74.8 cm³/mol. The number of nitrogens with two attached hydrogens (primary N) is 1. The van der Waals surface area contributed by atoms with Crippen LogP contribution in [0.4, 0.5) is 31.8 Å². The zero-order valence-electron chi connectivity index (χ0n) is 10.5. The number of aromatic nitrogens is 2. The Morgan fingerprint density at radius 3 is 2.70 bits per heavy atom. The average Bonchev–Trinajstić information content (AvgIpc) is 2.42. The standard InChI is InChI=1S/C13H13F2N5/c1-2-5-17-12-11(16)13(19-7-18-12)20-10-4-3-8(14)6-9(10)15/h2-4,6-7H,1,5,16H2,(H2,17,18,19,20). The van der Waals surface area contributed by atoms with Gasteiger partial charge in [-0.3, -0.25) is 0 Å². The summed E-state index contributed by atoms with van der Waals surface area (Å²) in [6, 6.07) is 3.18. The van der Waals surface area contributed by atoms with E-state index in [0.717, 1.165) is 12.1 Å². The lowest BCUT2D eigenvalue weighted by atomic mass is 10.3. The molecule has 0 spiro atoms. The molecule has 4 N–H and O–H groups in total. The van der Waals surface area contributed by atoms with Crippen molar-refractivity contribution >= 4 is 23.0 Å². The van der Waals surface area contributed by atoms with Crippen LogP contribution >= 0.6 is 0 Å². The van der Waals surface area contributed by atoms with Gasteiger partial charge in [0.25, 0.3) is 0 Å². The maximum absolute atomic E-state index is 13.6. The number of halogens is 2. The maximum Gasteiger partial charge on any atom is 0.159 e. The van der Waals surface area contributed by atoms with E-state index in [4.69, 9.17) is 5.73 Å². The molecule has 7 heteroatoms. The molecule has 0 radical (unpaired) electrons. The molecule has 0 amide bonds. The monoisotopic (exact) mass is 277 g/mol. The maximum atomic E-state index is 13.6. The Morgan fingerprint density at radius 1 is 1.25 bits per heavy atom. The van der Waals surface area contributed by atoms with E-state index in [0.29, 0.717) is 12.4 Å². The molecule has 0 aliphatic rings. The van der Waals surface area contributed by atoms with Gasteiger partial charge in [-0.05, 0) is 12.1 Å². The second kappa shape index (κ2) is 5.96. The van der Waals surface area contributed by atoms with Gasteiger partial charge < -0.3 is 16.4 Å². The minimum Gasteiger partial charge on any atom is -0.393 e. The van der Waals surface area contributed by atoms with Crippen molar-refractivity contribution in [3.05, 3.63) is 48.8 Å². The summed E-state index contributed by atoms with van der Waals surface area (Å²) in [4.78, 5) is 7.90. The van der Waals surface area contributed by atoms with Crippen LogP contribution in [0, 0.1) is 11.6 Å². The second-order valence-corrected chi connectivity index (χ2v) is 3.90. The lowest BCUT2D eigenvalue weighted by Crippen LogP contribution is -2.08. The summed E-state index contributed by atoms with van der Waals surface area (Å²) in [6.07, 6.45) is 2.93. The highest BCUT2D eigenvalue weighted by Crippen LogP contribution is 2.27. The smallest absolute Gasteiger partial charge is 0.159 e. The lowest BCUT2D eigenvalue weighted by molar-refractivity contribution is 0.586. The van der Waals surface area contributed by atoms with Crippen LogP contribution in [0.2, 0.25) is 0 Å². The molecule has 0 atom stereocenters. The van der Waals surface area contributed by atoms with Gasteiger partial charge >= 0.3 is 0 Å². The average molecular weight is 277 g/mol. The molecular formula is C13H13F2N5. The summed E-state index contributed by atoms with van der Waals surface area (Å²) in [5.41, 5.74) is 6.18. The van der Waals surface area contributed by atoms with Crippen molar-refractivity contribution in [2.75, 3.05) is 22.9 Å². The molecule has 20 heavy (non-hydrogen) atoms. The highest BCUT2D eigenvalue weighted by atomic mass is 19.1. The summed E-state index contributed by atoms with van der Waals surface area (Å²) in [7, 11) is 0. The number of rotatable bonds is 5. The predicted octanol–water partition coefficient (Wildman–Crippen LogP) is 2.68. The number of anilines is 4. The Hall–Kier alpha value is -2.70. The molecule has 104 valence electrons. The molecule has 0 aliphatic heterocycles. The molecule has 1 aromatic heterocycles. The van der Waals surface area contributed by atoms with Gasteiger partial charge in [-0.1, -0.05) is 6.08 Å². The number of nitrogens with zero attached hydrogens (tertiary/aromatic N) is 2. The van der Waals surface area contributed by atoms with Crippen molar-refractivity contribution in [3.63, 3.8) is 0 Å². The van der Waals surface area contributed by atoms with E-state index in [1.807, 2.05) is 0 Å². The summed E-state index contributed by atoms with van der Waals surface area (Å²) in [5, 5.41) is 5.63. The molecular weight excluding hydrogens is 264 g/mol. The first kappa shape index (κ1) is 13.7. The first-order valence-corrected chi connectivity index (χ1v) is 5.79. The highest BCUT2D eigenvalue weighted by molar-refractivity contribution is 5.77. The molecule has 0 aliphatic carbocycles. The third-order valence-corrected chi connectivity index (χ3v) is 2.48. The first-order valence-electron chi connectivity index (χ1n) is 5.79. The normalized spacial score (nSPS) is 10.1. The fourth-order valence-corrected chi connectivity index (χ4v) is 1.52. The fourth-order valence-electron chi connectivity index (χ4n) is 1.52. The van der Waals surface area contributed by atoms with Gasteiger partial charge in [-0.15, -0.1) is 6.58 Å². The molecule has 0 saturated heterocycles. The molecule has 5 nitrogen and oxygen atoms in total. The van der Waals surface area contributed by atoms with Crippen LogP contribution in [0.15, 0.2) is 37.2 Å². The third-order valence-electron chi connectivity index (χ3n) is 2.48. The van der Waals surface area contributed by atoms with Crippen LogP contribution in [0.5, 0.6) is 0 Å². The second-order valence-electron chi connectivity index (χ2n) is 3.90. The van der Waals surface area contributed by atoms with Gasteiger partial charge in [0.2, 0.25) is 0 Å². The molecule has 0 fully saturated rings. The van der Waals surface area contributed by atoms with Crippen LogP contribution < -0.4 is 16.4 Å². The summed E-state index contributed by atoms with van der Waals surface area (Å²) < 4.78 is 26.4. The van der Waals surface area contributed by atoms with Crippen LogP contribution in [0.25, 0.3) is 0 Å². The van der Waals surface area contributed by atoms with Crippen molar-refractivity contribution in [2.24, 2.45) is 0 Å². The Balaban J connectivity index is 2.27. The fraction of sp³-hybridized carbons (Fsp3) is 0.0769. The van der Waals surface area contributed by atoms with E-state index in [1.54, 1.807) is 6.08 Å². The molecule has 2 rings (SSSR count). The minimum atomic E-state index is -0.733. The van der Waals surface area contributed by atoms with Crippen molar-refractivity contribution in [1.82, 2.24) is 9.97 Å². The summed E-state index contributed by atoms with van der Waals surface area (Å²) >= 11 is 0. The van der Waals surface area contributed by atoms with Crippen LogP contribution in [-0.2, 0) is 0 Å². The zero-order valence-corrected chi connectivity index (χ0v) is 10.5. The number of nitrogens with one attached hydrogen (secondary N) is 2. The van der Waals surface area contributed by atoms with Crippen LogP contribution in [0.3, 0.4) is 0 Å². The first-order chi connectivity index (χ1) is 9.61. The Bertz CT molecular complexity index is 630. The summed E-state index contributed by atoms with van der Waals surface area (Å²) in [5.74, 6) is -0.748. The quantitative estimate of drug-likeness (QED) is 0.732. The van der Waals surface area contributed by atoms with Gasteiger partial charge in [-0.25, -0.2) is 18.7 Å². The summed E-state index contributed by atoms with van der Waals surface area (Å²) in [6.45, 7) is 4.05. The number of benzene rings is 1. The molecule has 1 aromatic carbocycles. The Labute approximate surface area is 114 Å². The van der Waals surface area contributed by atoms with Gasteiger partial charge in [0.05, 0.1) is 5.69 Å².